The molecule has 0 radical (unpaired) electrons. The fourth-order valence-corrected chi connectivity index (χ4v) is 2.63. The molecule has 0 spiro atoms. The second-order valence-electron chi connectivity index (χ2n) is 4.79. The van der Waals surface area contributed by atoms with Crippen molar-refractivity contribution in [3.8, 4) is 11.1 Å². The topological polar surface area (TPSA) is 26.3 Å². The van der Waals surface area contributed by atoms with Gasteiger partial charge in [-0.2, -0.15) is 0 Å². The maximum absolute atomic E-state index is 11.8. The molecule has 0 aliphatic heterocycles. The Bertz CT molecular complexity index is 571. The van der Waals surface area contributed by atoms with Crippen molar-refractivity contribution in [1.29, 1.82) is 0 Å². The molecular weight excluding hydrogens is 236 g/mol. The monoisotopic (exact) mass is 252 g/mol. The molecule has 1 aliphatic rings. The van der Waals surface area contributed by atoms with Crippen LogP contribution in [0.15, 0.2) is 48.5 Å². The predicted octanol–water partition coefficient (Wildman–Crippen LogP) is 4.10. The maximum Gasteiger partial charge on any atom is 0.306 e. The zero-order valence-corrected chi connectivity index (χ0v) is 10.9. The average Bonchev–Trinajstić information content (AvgIpc) is 2.75. The molecule has 0 fully saturated rings. The second kappa shape index (κ2) is 4.88. The summed E-state index contributed by atoms with van der Waals surface area (Å²) in [4.78, 5) is 11.8. The van der Waals surface area contributed by atoms with E-state index in [2.05, 4.69) is 12.1 Å². The van der Waals surface area contributed by atoms with Crippen LogP contribution in [-0.4, -0.2) is 5.97 Å². The molecule has 0 unspecified atom stereocenters. The van der Waals surface area contributed by atoms with Crippen LogP contribution in [-0.2, 0) is 9.53 Å². The van der Waals surface area contributed by atoms with Crippen molar-refractivity contribution in [1.82, 2.24) is 0 Å². The Kier molecular flexibility index (Phi) is 3.08. The number of carbonyl (C=O) groups is 1. The molecule has 0 saturated heterocycles. The predicted molar refractivity (Wildman–Crippen MR) is 74.7 cm³/mol. The van der Waals surface area contributed by atoms with E-state index < -0.39 is 0 Å². The maximum atomic E-state index is 11.8. The van der Waals surface area contributed by atoms with E-state index in [-0.39, 0.29) is 12.1 Å². The fourth-order valence-electron chi connectivity index (χ4n) is 2.63. The number of benzene rings is 2. The van der Waals surface area contributed by atoms with E-state index in [4.69, 9.17) is 4.74 Å². The lowest BCUT2D eigenvalue weighted by molar-refractivity contribution is -0.147. The molecule has 0 amide bonds. The van der Waals surface area contributed by atoms with Crippen molar-refractivity contribution in [3.63, 3.8) is 0 Å². The number of ether oxygens (including phenoxy) is 1. The number of hydrogen-bond acceptors (Lipinski definition) is 2. The molecule has 2 heteroatoms. The van der Waals surface area contributed by atoms with Gasteiger partial charge in [0.1, 0.15) is 0 Å². The first-order chi connectivity index (χ1) is 9.31. The van der Waals surface area contributed by atoms with E-state index in [9.17, 15) is 4.79 Å². The van der Waals surface area contributed by atoms with Crippen LogP contribution in [0.5, 0.6) is 0 Å². The van der Waals surface area contributed by atoms with Gasteiger partial charge in [-0.05, 0) is 17.5 Å². The molecule has 0 bridgehead atoms. The third kappa shape index (κ3) is 2.03. The summed E-state index contributed by atoms with van der Waals surface area (Å²) in [6.07, 6.45) is 1.04. The van der Waals surface area contributed by atoms with Crippen LogP contribution >= 0.6 is 0 Å². The largest absolute Gasteiger partial charge is 0.452 e. The van der Waals surface area contributed by atoms with Gasteiger partial charge in [0.25, 0.3) is 0 Å². The molecule has 0 heterocycles. The van der Waals surface area contributed by atoms with Gasteiger partial charge in [-0.1, -0.05) is 55.5 Å². The van der Waals surface area contributed by atoms with Crippen LogP contribution in [0.25, 0.3) is 11.1 Å². The zero-order valence-electron chi connectivity index (χ0n) is 10.9. The normalized spacial score (nSPS) is 12.9. The lowest BCUT2D eigenvalue weighted by Gasteiger charge is -2.14. The number of hydrogen-bond donors (Lipinski definition) is 0. The number of esters is 1. The summed E-state index contributed by atoms with van der Waals surface area (Å²) in [7, 11) is 0. The van der Waals surface area contributed by atoms with Crippen LogP contribution < -0.4 is 0 Å². The highest BCUT2D eigenvalue weighted by Crippen LogP contribution is 2.45. The van der Waals surface area contributed by atoms with Gasteiger partial charge >= 0.3 is 5.97 Å². The molecule has 0 atom stereocenters. The Hall–Kier alpha value is -2.09. The second-order valence-corrected chi connectivity index (χ2v) is 4.79. The molecule has 0 saturated carbocycles. The van der Waals surface area contributed by atoms with Crippen LogP contribution in [0, 0.1) is 0 Å². The number of rotatable bonds is 3. The van der Waals surface area contributed by atoms with E-state index in [1.807, 2.05) is 43.3 Å². The molecule has 96 valence electrons. The molecule has 3 rings (SSSR count). The van der Waals surface area contributed by atoms with Gasteiger partial charge in [0, 0.05) is 17.5 Å². The van der Waals surface area contributed by atoms with Crippen LogP contribution in [0.4, 0.5) is 0 Å². The minimum atomic E-state index is -0.244. The first-order valence-corrected chi connectivity index (χ1v) is 6.69. The highest BCUT2D eigenvalue weighted by atomic mass is 16.5. The van der Waals surface area contributed by atoms with Crippen molar-refractivity contribution in [2.45, 2.75) is 25.9 Å². The van der Waals surface area contributed by atoms with Gasteiger partial charge in [-0.3, -0.25) is 4.79 Å². The van der Waals surface area contributed by atoms with E-state index in [1.165, 1.54) is 11.1 Å². The van der Waals surface area contributed by atoms with Gasteiger partial charge in [-0.25, -0.2) is 0 Å². The van der Waals surface area contributed by atoms with Crippen molar-refractivity contribution < 1.29 is 9.53 Å². The highest BCUT2D eigenvalue weighted by molar-refractivity contribution is 5.80. The summed E-state index contributed by atoms with van der Waals surface area (Å²) in [6, 6.07) is 16.3. The summed E-state index contributed by atoms with van der Waals surface area (Å²) in [5, 5.41) is 0. The molecule has 2 nitrogen and oxygen atoms in total. The first kappa shape index (κ1) is 12.0. The van der Waals surface area contributed by atoms with Gasteiger partial charge < -0.3 is 4.74 Å². The van der Waals surface area contributed by atoms with Crippen molar-refractivity contribution in [2.75, 3.05) is 0 Å². The van der Waals surface area contributed by atoms with Crippen LogP contribution in [0.1, 0.15) is 37.0 Å². The van der Waals surface area contributed by atoms with Gasteiger partial charge in [0.2, 0.25) is 0 Å². The van der Waals surface area contributed by atoms with E-state index in [0.29, 0.717) is 6.42 Å². The molecular formula is C17H16O2. The lowest BCUT2D eigenvalue weighted by Crippen LogP contribution is -2.10. The van der Waals surface area contributed by atoms with Gasteiger partial charge in [-0.15, -0.1) is 0 Å². The van der Waals surface area contributed by atoms with E-state index in [1.54, 1.807) is 0 Å². The SMILES string of the molecule is CCCC(=O)OC1c2ccccc2-c2ccccc21. The Morgan fingerprint density at radius 3 is 2.05 bits per heavy atom. The van der Waals surface area contributed by atoms with Gasteiger partial charge in [0.15, 0.2) is 6.10 Å². The quantitative estimate of drug-likeness (QED) is 0.769. The molecule has 0 N–H and O–H groups in total. The van der Waals surface area contributed by atoms with Crippen LogP contribution in [0.3, 0.4) is 0 Å². The summed E-state index contributed by atoms with van der Waals surface area (Å²) in [5.74, 6) is -0.126. The van der Waals surface area contributed by atoms with Crippen molar-refractivity contribution >= 4 is 5.97 Å². The van der Waals surface area contributed by atoms with Crippen molar-refractivity contribution in [2.24, 2.45) is 0 Å². The summed E-state index contributed by atoms with van der Waals surface area (Å²) < 4.78 is 5.67. The number of fused-ring (bicyclic) bond motifs is 3. The standard InChI is InChI=1S/C17H16O2/c1-2-7-16(18)19-17-14-10-5-3-8-12(14)13-9-4-6-11-15(13)17/h3-6,8-11,17H,2,7H2,1H3. The lowest BCUT2D eigenvalue weighted by atomic mass is 10.1. The molecule has 19 heavy (non-hydrogen) atoms. The average molecular weight is 252 g/mol. The minimum Gasteiger partial charge on any atom is -0.452 e. The van der Waals surface area contributed by atoms with Gasteiger partial charge in [0.05, 0.1) is 0 Å². The Balaban J connectivity index is 2.02. The summed E-state index contributed by atoms with van der Waals surface area (Å²) in [5.41, 5.74) is 4.53. The third-order valence-corrected chi connectivity index (χ3v) is 3.48. The fraction of sp³-hybridized carbons (Fsp3) is 0.235. The van der Waals surface area contributed by atoms with Crippen LogP contribution in [0.2, 0.25) is 0 Å². The Morgan fingerprint density at radius 1 is 1.00 bits per heavy atom. The Morgan fingerprint density at radius 2 is 1.53 bits per heavy atom. The minimum absolute atomic E-state index is 0.126. The smallest absolute Gasteiger partial charge is 0.306 e. The Labute approximate surface area is 113 Å². The van der Waals surface area contributed by atoms with E-state index in [0.717, 1.165) is 17.5 Å². The molecule has 2 aromatic carbocycles. The number of carbonyl (C=O) groups excluding carboxylic acids is 1. The first-order valence-electron chi connectivity index (χ1n) is 6.69. The highest BCUT2D eigenvalue weighted by Gasteiger charge is 2.30. The summed E-state index contributed by atoms with van der Waals surface area (Å²) >= 11 is 0. The molecule has 0 aromatic heterocycles. The molecule has 1 aliphatic carbocycles. The summed E-state index contributed by atoms with van der Waals surface area (Å²) in [6.45, 7) is 1.98. The third-order valence-electron chi connectivity index (χ3n) is 3.48. The van der Waals surface area contributed by atoms with E-state index >= 15 is 0 Å². The zero-order chi connectivity index (χ0) is 13.2. The molecule has 2 aromatic rings. The van der Waals surface area contributed by atoms with Crippen molar-refractivity contribution in [3.05, 3.63) is 59.7 Å².